The number of rotatable bonds is 2. The summed E-state index contributed by atoms with van der Waals surface area (Å²) in [6.45, 7) is 2.63. The third-order valence-corrected chi connectivity index (χ3v) is 7.36. The van der Waals surface area contributed by atoms with Gasteiger partial charge < -0.3 is 4.90 Å². The molecule has 0 spiro atoms. The predicted molar refractivity (Wildman–Crippen MR) is 114 cm³/mol. The molecule has 3 heterocycles. The van der Waals surface area contributed by atoms with E-state index in [1.165, 1.54) is 11.3 Å². The molecule has 1 aliphatic rings. The van der Waals surface area contributed by atoms with Gasteiger partial charge in [-0.25, -0.2) is 4.57 Å². The summed E-state index contributed by atoms with van der Waals surface area (Å²) in [5.41, 5.74) is 2.07. The molecular weight excluding hydrogens is 398 g/mol. The number of nitrogens with zero attached hydrogens (tertiary/aromatic N) is 3. The van der Waals surface area contributed by atoms with Crippen molar-refractivity contribution in [3.8, 4) is 0 Å². The summed E-state index contributed by atoms with van der Waals surface area (Å²) >= 11 is 9.52. The van der Waals surface area contributed by atoms with Gasteiger partial charge in [0.25, 0.3) is 5.56 Å². The summed E-state index contributed by atoms with van der Waals surface area (Å²) < 4.78 is 5.58. The number of thiazole rings is 1. The van der Waals surface area contributed by atoms with Crippen molar-refractivity contribution in [1.82, 2.24) is 4.57 Å². The maximum atomic E-state index is 13.1. The first-order valence-electron chi connectivity index (χ1n) is 8.61. The lowest BCUT2D eigenvalue weighted by Gasteiger charge is -2.13. The van der Waals surface area contributed by atoms with Crippen LogP contribution in [-0.2, 0) is 13.6 Å². The molecule has 0 fully saturated rings. The molecule has 1 aliphatic heterocycles. The van der Waals surface area contributed by atoms with Crippen LogP contribution in [0.15, 0.2) is 52.3 Å². The van der Waals surface area contributed by atoms with Crippen molar-refractivity contribution in [1.29, 1.82) is 0 Å². The molecule has 0 N–H and O–H groups in total. The number of benzene rings is 1. The van der Waals surface area contributed by atoms with Gasteiger partial charge >= 0.3 is 0 Å². The molecule has 0 atom stereocenters. The van der Waals surface area contributed by atoms with E-state index >= 15 is 0 Å². The molecule has 0 radical (unpaired) electrons. The summed E-state index contributed by atoms with van der Waals surface area (Å²) in [4.78, 5) is 16.2. The Balaban J connectivity index is 1.96. The van der Waals surface area contributed by atoms with Crippen LogP contribution in [0.5, 0.6) is 0 Å². The van der Waals surface area contributed by atoms with Gasteiger partial charge in [-0.3, -0.25) is 9.36 Å². The number of aryl methyl sites for hydroxylation is 1. The van der Waals surface area contributed by atoms with Gasteiger partial charge in [-0.2, -0.15) is 0 Å². The first kappa shape index (κ1) is 18.3. The number of hydrogen-bond acceptors (Lipinski definition) is 4. The van der Waals surface area contributed by atoms with Crippen LogP contribution in [0.3, 0.4) is 0 Å². The van der Waals surface area contributed by atoms with Crippen LogP contribution in [0.4, 0.5) is 5.69 Å². The SMILES string of the molecule is CCn1c(=O)/c(=C2\Sc3cccc(Cl)c3N2C)s/c1=C\c1cccc[n+]1C. The van der Waals surface area contributed by atoms with E-state index in [-0.39, 0.29) is 5.56 Å². The molecule has 0 amide bonds. The average Bonchev–Trinajstić information content (AvgIpc) is 3.14. The summed E-state index contributed by atoms with van der Waals surface area (Å²) in [5.74, 6) is 0. The van der Waals surface area contributed by atoms with E-state index in [2.05, 4.69) is 6.08 Å². The van der Waals surface area contributed by atoms with E-state index in [0.717, 1.165) is 30.5 Å². The van der Waals surface area contributed by atoms with Gasteiger partial charge in [-0.1, -0.05) is 29.4 Å². The van der Waals surface area contributed by atoms with Crippen molar-refractivity contribution in [2.24, 2.45) is 7.05 Å². The Kier molecular flexibility index (Phi) is 4.88. The number of fused-ring (bicyclic) bond motifs is 1. The smallest absolute Gasteiger partial charge is 0.271 e. The Labute approximate surface area is 170 Å². The number of anilines is 1. The van der Waals surface area contributed by atoms with Gasteiger partial charge in [0.15, 0.2) is 6.20 Å². The van der Waals surface area contributed by atoms with Crippen LogP contribution in [-0.4, -0.2) is 11.6 Å². The Morgan fingerprint density at radius 1 is 1.22 bits per heavy atom. The molecule has 7 heteroatoms. The fourth-order valence-corrected chi connectivity index (χ4v) is 6.00. The number of pyridine rings is 1. The lowest BCUT2D eigenvalue weighted by atomic mass is 10.3. The molecule has 27 heavy (non-hydrogen) atoms. The molecule has 138 valence electrons. The molecule has 0 saturated carbocycles. The van der Waals surface area contributed by atoms with E-state index < -0.39 is 0 Å². The van der Waals surface area contributed by atoms with Crippen molar-refractivity contribution in [2.75, 3.05) is 11.9 Å². The highest BCUT2D eigenvalue weighted by Gasteiger charge is 2.26. The zero-order chi connectivity index (χ0) is 19.1. The molecule has 2 aromatic heterocycles. The van der Waals surface area contributed by atoms with Crippen LogP contribution in [0.25, 0.3) is 11.1 Å². The Morgan fingerprint density at radius 3 is 2.74 bits per heavy atom. The second kappa shape index (κ2) is 7.19. The summed E-state index contributed by atoms with van der Waals surface area (Å²) in [6.07, 6.45) is 4.07. The molecular formula is C20H19ClN3OS2+. The Bertz CT molecular complexity index is 1210. The fraction of sp³-hybridized carbons (Fsp3) is 0.200. The summed E-state index contributed by atoms with van der Waals surface area (Å²) in [6, 6.07) is 11.9. The second-order valence-electron chi connectivity index (χ2n) is 6.25. The molecule has 1 aromatic carbocycles. The van der Waals surface area contributed by atoms with Gasteiger partial charge in [0.05, 0.1) is 10.7 Å². The van der Waals surface area contributed by atoms with Crippen LogP contribution < -0.4 is 24.2 Å². The molecule has 0 unspecified atom stereocenters. The van der Waals surface area contributed by atoms with Crippen LogP contribution >= 0.6 is 34.7 Å². The van der Waals surface area contributed by atoms with Gasteiger partial charge in [-0.05, 0) is 25.1 Å². The molecule has 4 nitrogen and oxygen atoms in total. The minimum absolute atomic E-state index is 0.0469. The average molecular weight is 417 g/mol. The van der Waals surface area contributed by atoms with E-state index in [4.69, 9.17) is 11.6 Å². The topological polar surface area (TPSA) is 29.1 Å². The quantitative estimate of drug-likeness (QED) is 0.601. The monoisotopic (exact) mass is 416 g/mol. The van der Waals surface area contributed by atoms with Crippen molar-refractivity contribution in [3.63, 3.8) is 0 Å². The highest BCUT2D eigenvalue weighted by Crippen LogP contribution is 2.48. The molecule has 0 aliphatic carbocycles. The number of para-hydroxylation sites is 1. The minimum atomic E-state index is 0.0469. The predicted octanol–water partition coefficient (Wildman–Crippen LogP) is 2.54. The third kappa shape index (κ3) is 3.12. The first-order valence-corrected chi connectivity index (χ1v) is 10.6. The maximum Gasteiger partial charge on any atom is 0.271 e. The molecule has 4 rings (SSSR count). The van der Waals surface area contributed by atoms with Gasteiger partial charge in [0.1, 0.15) is 21.3 Å². The van der Waals surface area contributed by atoms with Gasteiger partial charge in [0.2, 0.25) is 5.69 Å². The Morgan fingerprint density at radius 2 is 2.04 bits per heavy atom. The minimum Gasteiger partial charge on any atom is -0.336 e. The number of aromatic nitrogens is 2. The Hall–Kier alpha value is -2.02. The summed E-state index contributed by atoms with van der Waals surface area (Å²) in [7, 11) is 3.97. The largest absolute Gasteiger partial charge is 0.336 e. The highest BCUT2D eigenvalue weighted by molar-refractivity contribution is 8.08. The number of hydrogen-bond donors (Lipinski definition) is 0. The first-order chi connectivity index (χ1) is 13.0. The molecule has 3 aromatic rings. The van der Waals surface area contributed by atoms with Crippen molar-refractivity contribution >= 4 is 51.5 Å². The van der Waals surface area contributed by atoms with Crippen molar-refractivity contribution < 1.29 is 4.57 Å². The van der Waals surface area contributed by atoms with Crippen LogP contribution in [0, 0.1) is 0 Å². The van der Waals surface area contributed by atoms with Crippen molar-refractivity contribution in [3.05, 3.63) is 72.9 Å². The third-order valence-electron chi connectivity index (χ3n) is 4.59. The maximum absolute atomic E-state index is 13.1. The highest BCUT2D eigenvalue weighted by atomic mass is 35.5. The molecule has 0 saturated heterocycles. The van der Waals surface area contributed by atoms with E-state index in [1.54, 1.807) is 11.8 Å². The lowest BCUT2D eigenvalue weighted by molar-refractivity contribution is -0.673. The van der Waals surface area contributed by atoms with Crippen LogP contribution in [0.1, 0.15) is 12.6 Å². The van der Waals surface area contributed by atoms with Crippen LogP contribution in [0.2, 0.25) is 5.02 Å². The zero-order valence-electron chi connectivity index (χ0n) is 15.3. The standard InChI is InChI=1S/C20H19ClN3OS2/c1-4-24-16(12-13-8-5-6-11-22(13)2)27-18(19(24)25)20-23(3)17-14(21)9-7-10-15(17)26-20/h5-12H,4H2,1-3H3/q+1/b20-18+. The van der Waals surface area contributed by atoms with Gasteiger partial charge in [-0.15, -0.1) is 11.3 Å². The van der Waals surface area contributed by atoms with E-state index in [0.29, 0.717) is 11.6 Å². The number of thioether (sulfide) groups is 1. The normalized spacial score (nSPS) is 16.1. The second-order valence-corrected chi connectivity index (χ2v) is 8.72. The van der Waals surface area contributed by atoms with Gasteiger partial charge in [0, 0.05) is 36.7 Å². The van der Waals surface area contributed by atoms with Crippen molar-refractivity contribution in [2.45, 2.75) is 18.4 Å². The zero-order valence-corrected chi connectivity index (χ0v) is 17.7. The number of halogens is 1. The van der Waals surface area contributed by atoms with E-state index in [9.17, 15) is 4.79 Å². The molecule has 0 bridgehead atoms. The summed E-state index contributed by atoms with van der Waals surface area (Å²) in [5, 5.41) is 1.64. The van der Waals surface area contributed by atoms with E-state index in [1.807, 2.05) is 77.6 Å². The fourth-order valence-electron chi connectivity index (χ4n) is 3.16. The lowest BCUT2D eigenvalue weighted by Crippen LogP contribution is -2.34.